The SMILES string of the molecule is Cc1nc(NC(=O)C(C)OC(=O)c2cccs2)sc1C. The molecular formula is C13H14N2O3S2. The van der Waals surface area contributed by atoms with Crippen LogP contribution in [-0.2, 0) is 9.53 Å². The molecule has 1 amide bonds. The lowest BCUT2D eigenvalue weighted by atomic mass is 10.4. The van der Waals surface area contributed by atoms with Gasteiger partial charge in [-0.2, -0.15) is 0 Å². The Morgan fingerprint density at radius 3 is 2.70 bits per heavy atom. The van der Waals surface area contributed by atoms with Crippen LogP contribution in [0, 0.1) is 13.8 Å². The van der Waals surface area contributed by atoms with E-state index in [4.69, 9.17) is 4.74 Å². The van der Waals surface area contributed by atoms with Gasteiger partial charge in [-0.05, 0) is 32.2 Å². The molecule has 5 nitrogen and oxygen atoms in total. The summed E-state index contributed by atoms with van der Waals surface area (Å²) in [6.45, 7) is 5.35. The monoisotopic (exact) mass is 310 g/mol. The molecule has 0 bridgehead atoms. The van der Waals surface area contributed by atoms with Crippen molar-refractivity contribution in [3.8, 4) is 0 Å². The molecule has 1 unspecified atom stereocenters. The first-order valence-corrected chi connectivity index (χ1v) is 7.66. The average molecular weight is 310 g/mol. The summed E-state index contributed by atoms with van der Waals surface area (Å²) in [7, 11) is 0. The van der Waals surface area contributed by atoms with E-state index in [0.29, 0.717) is 10.0 Å². The second-order valence-electron chi connectivity index (χ2n) is 4.17. The summed E-state index contributed by atoms with van der Waals surface area (Å²) in [6, 6.07) is 3.41. The molecule has 0 saturated carbocycles. The number of amides is 1. The van der Waals surface area contributed by atoms with E-state index < -0.39 is 12.1 Å². The van der Waals surface area contributed by atoms with Crippen molar-refractivity contribution in [2.45, 2.75) is 26.9 Å². The molecule has 1 atom stereocenters. The predicted molar refractivity (Wildman–Crippen MR) is 79.4 cm³/mol. The molecule has 20 heavy (non-hydrogen) atoms. The first-order chi connectivity index (χ1) is 9.47. The van der Waals surface area contributed by atoms with Crippen molar-refractivity contribution in [3.05, 3.63) is 33.0 Å². The molecule has 2 rings (SSSR count). The molecule has 1 N–H and O–H groups in total. The van der Waals surface area contributed by atoms with Crippen LogP contribution in [0.1, 0.15) is 27.2 Å². The first-order valence-electron chi connectivity index (χ1n) is 5.96. The van der Waals surface area contributed by atoms with E-state index in [9.17, 15) is 9.59 Å². The van der Waals surface area contributed by atoms with Crippen LogP contribution in [0.5, 0.6) is 0 Å². The molecule has 2 heterocycles. The molecule has 2 aromatic heterocycles. The molecule has 0 aliphatic carbocycles. The number of thiazole rings is 1. The van der Waals surface area contributed by atoms with E-state index in [-0.39, 0.29) is 5.91 Å². The van der Waals surface area contributed by atoms with Gasteiger partial charge in [-0.1, -0.05) is 6.07 Å². The number of anilines is 1. The Morgan fingerprint density at radius 2 is 2.15 bits per heavy atom. The Balaban J connectivity index is 1.93. The minimum atomic E-state index is -0.867. The normalized spacial score (nSPS) is 11.9. The van der Waals surface area contributed by atoms with Crippen LogP contribution in [0.2, 0.25) is 0 Å². The van der Waals surface area contributed by atoms with E-state index in [1.165, 1.54) is 29.6 Å². The first kappa shape index (κ1) is 14.7. The number of rotatable bonds is 4. The zero-order valence-corrected chi connectivity index (χ0v) is 12.9. The third-order valence-electron chi connectivity index (χ3n) is 2.63. The number of hydrogen-bond acceptors (Lipinski definition) is 6. The maximum atomic E-state index is 11.9. The Labute approximate surface area is 124 Å². The molecule has 0 aliphatic heterocycles. The maximum Gasteiger partial charge on any atom is 0.349 e. The maximum absolute atomic E-state index is 11.9. The Kier molecular flexibility index (Phi) is 4.51. The molecule has 2 aromatic rings. The minimum Gasteiger partial charge on any atom is -0.448 e. The number of esters is 1. The second kappa shape index (κ2) is 6.15. The van der Waals surface area contributed by atoms with Gasteiger partial charge < -0.3 is 4.74 Å². The van der Waals surface area contributed by atoms with Crippen LogP contribution in [0.3, 0.4) is 0 Å². The fourth-order valence-corrected chi connectivity index (χ4v) is 2.82. The Bertz CT molecular complexity index is 600. The number of carbonyl (C=O) groups excluding carboxylic acids is 2. The molecule has 0 aromatic carbocycles. The fraction of sp³-hybridized carbons (Fsp3) is 0.308. The Morgan fingerprint density at radius 1 is 1.40 bits per heavy atom. The van der Waals surface area contributed by atoms with E-state index in [1.54, 1.807) is 17.5 Å². The van der Waals surface area contributed by atoms with Crippen molar-refractivity contribution in [1.29, 1.82) is 0 Å². The van der Waals surface area contributed by atoms with E-state index in [1.807, 2.05) is 13.8 Å². The quantitative estimate of drug-likeness (QED) is 0.881. The highest BCUT2D eigenvalue weighted by molar-refractivity contribution is 7.15. The lowest BCUT2D eigenvalue weighted by Gasteiger charge is -2.11. The minimum absolute atomic E-state index is 0.386. The van der Waals surface area contributed by atoms with Crippen molar-refractivity contribution in [2.75, 3.05) is 5.32 Å². The fourth-order valence-electron chi connectivity index (χ4n) is 1.40. The number of nitrogens with one attached hydrogen (secondary N) is 1. The summed E-state index contributed by atoms with van der Waals surface area (Å²) in [5, 5.41) is 4.95. The van der Waals surface area contributed by atoms with Gasteiger partial charge in [0.2, 0.25) is 0 Å². The van der Waals surface area contributed by atoms with Crippen LogP contribution in [0.15, 0.2) is 17.5 Å². The number of nitrogens with zero attached hydrogens (tertiary/aromatic N) is 1. The van der Waals surface area contributed by atoms with Gasteiger partial charge >= 0.3 is 5.97 Å². The van der Waals surface area contributed by atoms with E-state index >= 15 is 0 Å². The topological polar surface area (TPSA) is 68.3 Å². The summed E-state index contributed by atoms with van der Waals surface area (Å²) >= 11 is 2.67. The zero-order chi connectivity index (χ0) is 14.7. The van der Waals surface area contributed by atoms with Gasteiger partial charge in [0.05, 0.1) is 5.69 Å². The largest absolute Gasteiger partial charge is 0.448 e. The summed E-state index contributed by atoms with van der Waals surface area (Å²) in [5.74, 6) is -0.877. The molecule has 0 radical (unpaired) electrons. The van der Waals surface area contributed by atoms with Crippen LogP contribution in [-0.4, -0.2) is 23.0 Å². The predicted octanol–water partition coefficient (Wildman–Crippen LogP) is 3.01. The van der Waals surface area contributed by atoms with Crippen LogP contribution >= 0.6 is 22.7 Å². The van der Waals surface area contributed by atoms with Crippen LogP contribution < -0.4 is 5.32 Å². The van der Waals surface area contributed by atoms with Gasteiger partial charge in [-0.15, -0.1) is 22.7 Å². The van der Waals surface area contributed by atoms with Crippen molar-refractivity contribution < 1.29 is 14.3 Å². The molecule has 0 spiro atoms. The zero-order valence-electron chi connectivity index (χ0n) is 11.3. The molecule has 7 heteroatoms. The molecule has 106 valence electrons. The van der Waals surface area contributed by atoms with Gasteiger partial charge in [-0.25, -0.2) is 9.78 Å². The summed E-state index contributed by atoms with van der Waals surface area (Å²) in [5.41, 5.74) is 0.883. The van der Waals surface area contributed by atoms with Gasteiger partial charge in [0, 0.05) is 4.88 Å². The summed E-state index contributed by atoms with van der Waals surface area (Å²) < 4.78 is 5.10. The summed E-state index contributed by atoms with van der Waals surface area (Å²) in [4.78, 5) is 29.4. The highest BCUT2D eigenvalue weighted by Crippen LogP contribution is 2.21. The number of aryl methyl sites for hydroxylation is 2. The van der Waals surface area contributed by atoms with Crippen LogP contribution in [0.25, 0.3) is 0 Å². The lowest BCUT2D eigenvalue weighted by Crippen LogP contribution is -2.29. The van der Waals surface area contributed by atoms with Gasteiger partial charge in [0.15, 0.2) is 11.2 Å². The van der Waals surface area contributed by atoms with E-state index in [0.717, 1.165) is 10.6 Å². The van der Waals surface area contributed by atoms with Gasteiger partial charge in [0.25, 0.3) is 5.91 Å². The van der Waals surface area contributed by atoms with Crippen molar-refractivity contribution in [2.24, 2.45) is 0 Å². The van der Waals surface area contributed by atoms with Crippen LogP contribution in [0.4, 0.5) is 5.13 Å². The molecule has 0 aliphatic rings. The second-order valence-corrected chi connectivity index (χ2v) is 6.33. The summed E-state index contributed by atoms with van der Waals surface area (Å²) in [6.07, 6.45) is -0.867. The number of aromatic nitrogens is 1. The molecule has 0 fully saturated rings. The smallest absolute Gasteiger partial charge is 0.349 e. The lowest BCUT2D eigenvalue weighted by molar-refractivity contribution is -0.123. The third-order valence-corrected chi connectivity index (χ3v) is 4.47. The molecular weight excluding hydrogens is 296 g/mol. The molecule has 0 saturated heterocycles. The highest BCUT2D eigenvalue weighted by atomic mass is 32.1. The average Bonchev–Trinajstić information content (AvgIpc) is 3.00. The Hall–Kier alpha value is -1.73. The van der Waals surface area contributed by atoms with Crippen molar-refractivity contribution in [3.63, 3.8) is 0 Å². The number of hydrogen-bond donors (Lipinski definition) is 1. The van der Waals surface area contributed by atoms with Gasteiger partial charge in [0.1, 0.15) is 4.88 Å². The van der Waals surface area contributed by atoms with Crippen molar-refractivity contribution >= 4 is 39.7 Å². The van der Waals surface area contributed by atoms with Crippen molar-refractivity contribution in [1.82, 2.24) is 4.98 Å². The standard InChI is InChI=1S/C13H14N2O3S2/c1-7-9(3)20-13(14-7)15-11(16)8(2)18-12(17)10-5-4-6-19-10/h4-6,8H,1-3H3,(H,14,15,16). The van der Waals surface area contributed by atoms with Gasteiger partial charge in [-0.3, -0.25) is 10.1 Å². The third kappa shape index (κ3) is 3.43. The number of carbonyl (C=O) groups is 2. The number of thiophene rings is 1. The van der Waals surface area contributed by atoms with E-state index in [2.05, 4.69) is 10.3 Å². The highest BCUT2D eigenvalue weighted by Gasteiger charge is 2.20. The number of ether oxygens (including phenoxy) is 1.